The quantitative estimate of drug-likeness (QED) is 0.794. The molecule has 1 aromatic rings. The van der Waals surface area contributed by atoms with Crippen molar-refractivity contribution in [2.75, 3.05) is 44.8 Å². The third kappa shape index (κ3) is 6.91. The molecule has 2 N–H and O–H groups in total. The minimum absolute atomic E-state index is 0. The highest BCUT2D eigenvalue weighted by atomic mass is 35.5. The van der Waals surface area contributed by atoms with Crippen LogP contribution in [0.4, 0.5) is 5.82 Å². The van der Waals surface area contributed by atoms with Crippen LogP contribution in [0.1, 0.15) is 12.5 Å². The van der Waals surface area contributed by atoms with Crippen molar-refractivity contribution in [2.24, 2.45) is 5.92 Å². The topological polar surface area (TPSA) is 66.5 Å². The van der Waals surface area contributed by atoms with Gasteiger partial charge in [0.1, 0.15) is 5.82 Å². The van der Waals surface area contributed by atoms with E-state index in [9.17, 15) is 4.79 Å². The normalized spacial score (nSPS) is 15.1. The van der Waals surface area contributed by atoms with Crippen molar-refractivity contribution in [3.8, 4) is 0 Å². The highest BCUT2D eigenvalue weighted by molar-refractivity contribution is 5.85. The number of carbonyl (C=O) groups is 1. The lowest BCUT2D eigenvalue weighted by atomic mass is 10.1. The van der Waals surface area contributed by atoms with Crippen LogP contribution >= 0.6 is 24.8 Å². The van der Waals surface area contributed by atoms with E-state index < -0.39 is 0 Å². The Balaban J connectivity index is 0.00000242. The van der Waals surface area contributed by atoms with Crippen molar-refractivity contribution in [3.05, 3.63) is 23.9 Å². The van der Waals surface area contributed by atoms with Crippen molar-refractivity contribution in [2.45, 2.75) is 13.5 Å². The Labute approximate surface area is 150 Å². The highest BCUT2D eigenvalue weighted by Gasteiger charge is 2.14. The van der Waals surface area contributed by atoms with Gasteiger partial charge in [0.05, 0.1) is 13.2 Å². The predicted octanol–water partition coefficient (Wildman–Crippen LogP) is 1.23. The number of nitrogens with one attached hydrogen (secondary N) is 2. The molecule has 1 fully saturated rings. The average Bonchev–Trinajstić information content (AvgIpc) is 2.54. The molecule has 0 radical (unpaired) electrons. The largest absolute Gasteiger partial charge is 0.378 e. The van der Waals surface area contributed by atoms with Gasteiger partial charge in [0, 0.05) is 38.3 Å². The second-order valence-corrected chi connectivity index (χ2v) is 5.30. The number of carbonyl (C=O) groups excluding carboxylic acids is 1. The molecule has 132 valence electrons. The first kappa shape index (κ1) is 21.9. The first-order valence-corrected chi connectivity index (χ1v) is 7.40. The van der Waals surface area contributed by atoms with Crippen LogP contribution in [-0.2, 0) is 16.1 Å². The molecular formula is C15H26Cl2N4O2. The van der Waals surface area contributed by atoms with E-state index in [0.717, 1.165) is 37.7 Å². The second kappa shape index (κ2) is 11.5. The molecule has 1 aromatic heterocycles. The standard InChI is InChI=1S/C15H24N4O2.2ClH/c1-12(10-16-2)15(20)18-11-13-3-4-17-14(9-13)19-5-7-21-8-6-19;;/h3-4,9,12,16H,5-8,10-11H2,1-2H3,(H,18,20);2*1H. The van der Waals surface area contributed by atoms with Crippen LogP contribution in [0.25, 0.3) is 0 Å². The molecule has 1 unspecified atom stereocenters. The minimum Gasteiger partial charge on any atom is -0.378 e. The summed E-state index contributed by atoms with van der Waals surface area (Å²) in [6, 6.07) is 3.97. The third-order valence-corrected chi connectivity index (χ3v) is 3.57. The summed E-state index contributed by atoms with van der Waals surface area (Å²) < 4.78 is 5.35. The van der Waals surface area contributed by atoms with E-state index in [1.54, 1.807) is 6.20 Å². The Morgan fingerprint density at radius 3 is 2.74 bits per heavy atom. The van der Waals surface area contributed by atoms with E-state index in [1.165, 1.54) is 0 Å². The van der Waals surface area contributed by atoms with Gasteiger partial charge in [0.2, 0.25) is 5.91 Å². The monoisotopic (exact) mass is 364 g/mol. The van der Waals surface area contributed by atoms with Gasteiger partial charge < -0.3 is 20.3 Å². The van der Waals surface area contributed by atoms with Gasteiger partial charge in [-0.15, -0.1) is 24.8 Å². The molecule has 1 atom stereocenters. The third-order valence-electron chi connectivity index (χ3n) is 3.57. The Bertz CT molecular complexity index is 471. The molecule has 0 spiro atoms. The van der Waals surface area contributed by atoms with E-state index >= 15 is 0 Å². The zero-order chi connectivity index (χ0) is 15.1. The number of aromatic nitrogens is 1. The van der Waals surface area contributed by atoms with Crippen LogP contribution in [0.5, 0.6) is 0 Å². The van der Waals surface area contributed by atoms with E-state index in [-0.39, 0.29) is 36.6 Å². The molecule has 1 saturated heterocycles. The van der Waals surface area contributed by atoms with Crippen molar-refractivity contribution in [3.63, 3.8) is 0 Å². The molecular weight excluding hydrogens is 339 g/mol. The van der Waals surface area contributed by atoms with Gasteiger partial charge in [0.15, 0.2) is 0 Å². The van der Waals surface area contributed by atoms with Gasteiger partial charge in [-0.2, -0.15) is 0 Å². The van der Waals surface area contributed by atoms with Crippen LogP contribution in [0.15, 0.2) is 18.3 Å². The SMILES string of the molecule is CNCC(C)C(=O)NCc1ccnc(N2CCOCC2)c1.Cl.Cl. The van der Waals surface area contributed by atoms with E-state index in [1.807, 2.05) is 26.1 Å². The van der Waals surface area contributed by atoms with Crippen LogP contribution < -0.4 is 15.5 Å². The lowest BCUT2D eigenvalue weighted by Crippen LogP contribution is -2.37. The van der Waals surface area contributed by atoms with Crippen molar-refractivity contribution in [1.29, 1.82) is 0 Å². The maximum atomic E-state index is 11.9. The van der Waals surface area contributed by atoms with Crippen molar-refractivity contribution >= 4 is 36.5 Å². The number of halogens is 2. The summed E-state index contributed by atoms with van der Waals surface area (Å²) in [5, 5.41) is 5.97. The molecule has 23 heavy (non-hydrogen) atoms. The van der Waals surface area contributed by atoms with Crippen LogP contribution in [0.3, 0.4) is 0 Å². The Morgan fingerprint density at radius 2 is 2.09 bits per heavy atom. The fourth-order valence-electron chi connectivity index (χ4n) is 2.30. The molecule has 1 aliphatic heterocycles. The molecule has 2 rings (SSSR count). The van der Waals surface area contributed by atoms with E-state index in [0.29, 0.717) is 13.1 Å². The summed E-state index contributed by atoms with van der Waals surface area (Å²) in [7, 11) is 1.85. The number of pyridine rings is 1. The van der Waals surface area contributed by atoms with Crippen LogP contribution in [0, 0.1) is 5.92 Å². The molecule has 8 heteroatoms. The van der Waals surface area contributed by atoms with Gasteiger partial charge in [0.25, 0.3) is 0 Å². The lowest BCUT2D eigenvalue weighted by Gasteiger charge is -2.28. The summed E-state index contributed by atoms with van der Waals surface area (Å²) in [6.45, 7) is 6.34. The summed E-state index contributed by atoms with van der Waals surface area (Å²) in [5.74, 6) is 0.984. The number of rotatable bonds is 6. The Hall–Kier alpha value is -1.08. The molecule has 0 aliphatic carbocycles. The number of hydrogen-bond donors (Lipinski definition) is 2. The fourth-order valence-corrected chi connectivity index (χ4v) is 2.30. The van der Waals surface area contributed by atoms with Crippen molar-refractivity contribution in [1.82, 2.24) is 15.6 Å². The second-order valence-electron chi connectivity index (χ2n) is 5.30. The van der Waals surface area contributed by atoms with E-state index in [4.69, 9.17) is 4.74 Å². The van der Waals surface area contributed by atoms with Gasteiger partial charge in [-0.1, -0.05) is 6.92 Å². The maximum absolute atomic E-state index is 11.9. The Morgan fingerprint density at radius 1 is 1.39 bits per heavy atom. The van der Waals surface area contributed by atoms with Crippen LogP contribution in [0.2, 0.25) is 0 Å². The van der Waals surface area contributed by atoms with Crippen LogP contribution in [-0.4, -0.2) is 50.8 Å². The summed E-state index contributed by atoms with van der Waals surface area (Å²) in [5.41, 5.74) is 1.07. The van der Waals surface area contributed by atoms with Crippen molar-refractivity contribution < 1.29 is 9.53 Å². The Kier molecular flexibility index (Phi) is 10.9. The first-order valence-electron chi connectivity index (χ1n) is 7.40. The minimum atomic E-state index is -0.0319. The summed E-state index contributed by atoms with van der Waals surface area (Å²) >= 11 is 0. The molecule has 0 saturated carbocycles. The lowest BCUT2D eigenvalue weighted by molar-refractivity contribution is -0.124. The smallest absolute Gasteiger partial charge is 0.224 e. The molecule has 0 bridgehead atoms. The fraction of sp³-hybridized carbons (Fsp3) is 0.600. The zero-order valence-electron chi connectivity index (χ0n) is 13.6. The summed E-state index contributed by atoms with van der Waals surface area (Å²) in [4.78, 5) is 18.5. The number of hydrogen-bond acceptors (Lipinski definition) is 5. The molecule has 2 heterocycles. The van der Waals surface area contributed by atoms with Gasteiger partial charge in [-0.25, -0.2) is 4.98 Å². The number of nitrogens with zero attached hydrogens (tertiary/aromatic N) is 2. The van der Waals surface area contributed by atoms with E-state index in [2.05, 4.69) is 20.5 Å². The molecule has 0 aromatic carbocycles. The number of morpholine rings is 1. The predicted molar refractivity (Wildman–Crippen MR) is 96.7 cm³/mol. The number of amides is 1. The number of anilines is 1. The zero-order valence-corrected chi connectivity index (χ0v) is 15.2. The average molecular weight is 365 g/mol. The van der Waals surface area contributed by atoms with Gasteiger partial charge in [-0.3, -0.25) is 4.79 Å². The summed E-state index contributed by atoms with van der Waals surface area (Å²) in [6.07, 6.45) is 1.79. The maximum Gasteiger partial charge on any atom is 0.224 e. The number of ether oxygens (including phenoxy) is 1. The highest BCUT2D eigenvalue weighted by Crippen LogP contribution is 2.14. The molecule has 1 amide bonds. The molecule has 6 nitrogen and oxygen atoms in total. The van der Waals surface area contributed by atoms with Gasteiger partial charge in [-0.05, 0) is 24.7 Å². The van der Waals surface area contributed by atoms with Gasteiger partial charge >= 0.3 is 0 Å². The molecule has 1 aliphatic rings. The first-order chi connectivity index (χ1) is 10.2.